The Bertz CT molecular complexity index is 547. The summed E-state index contributed by atoms with van der Waals surface area (Å²) in [6.45, 7) is 7.29. The minimum atomic E-state index is -4.44. The molecule has 1 aliphatic heterocycles. The first-order chi connectivity index (χ1) is 10.6. The number of nitrogens with zero attached hydrogens (tertiary/aromatic N) is 1. The minimum Gasteiger partial charge on any atom is -0.298 e. The van der Waals surface area contributed by atoms with Crippen LogP contribution in [0.15, 0.2) is 12.2 Å². The number of ketones is 1. The van der Waals surface area contributed by atoms with Crippen LogP contribution in [0.25, 0.3) is 0 Å². The van der Waals surface area contributed by atoms with E-state index < -0.39 is 38.9 Å². The standard InChI is InChI=1S/C13H19NO6S.C2H6/c1-9(2)13(17)10(21(18,19)20)5-3-4-8-14-11(15)6-7-12(14)16;1-2/h6-7,9-10H,3-5,8H2,1-2H3,(H,18,19,20);1-2H3. The molecule has 23 heavy (non-hydrogen) atoms. The normalized spacial score (nSPS) is 15.7. The van der Waals surface area contributed by atoms with Gasteiger partial charge in [0.15, 0.2) is 5.78 Å². The molecule has 0 aromatic heterocycles. The Labute approximate surface area is 137 Å². The summed E-state index contributed by atoms with van der Waals surface area (Å²) in [4.78, 5) is 35.4. The number of hydrogen-bond donors (Lipinski definition) is 1. The van der Waals surface area contributed by atoms with Gasteiger partial charge in [0, 0.05) is 24.6 Å². The predicted molar refractivity (Wildman–Crippen MR) is 86.2 cm³/mol. The Morgan fingerprint density at radius 2 is 1.61 bits per heavy atom. The number of amides is 2. The van der Waals surface area contributed by atoms with Crippen molar-refractivity contribution in [2.24, 2.45) is 5.92 Å². The Balaban J connectivity index is 0.00000232. The number of imide groups is 1. The summed E-state index contributed by atoms with van der Waals surface area (Å²) in [7, 11) is -4.44. The second kappa shape index (κ2) is 9.57. The average Bonchev–Trinajstić information content (AvgIpc) is 2.78. The topological polar surface area (TPSA) is 109 Å². The molecule has 0 spiro atoms. The molecular formula is C15H25NO6S. The van der Waals surface area contributed by atoms with Gasteiger partial charge in [-0.15, -0.1) is 0 Å². The molecule has 0 aliphatic carbocycles. The highest BCUT2D eigenvalue weighted by atomic mass is 32.2. The van der Waals surface area contributed by atoms with Crippen LogP contribution in [-0.2, 0) is 24.5 Å². The van der Waals surface area contributed by atoms with Crippen LogP contribution in [0, 0.1) is 5.92 Å². The van der Waals surface area contributed by atoms with Gasteiger partial charge >= 0.3 is 0 Å². The van der Waals surface area contributed by atoms with Crippen LogP contribution in [0.5, 0.6) is 0 Å². The van der Waals surface area contributed by atoms with E-state index in [1.807, 2.05) is 13.8 Å². The lowest BCUT2D eigenvalue weighted by Gasteiger charge is -2.16. The van der Waals surface area contributed by atoms with E-state index in [1.165, 1.54) is 12.2 Å². The third kappa shape index (κ3) is 6.62. The van der Waals surface area contributed by atoms with E-state index in [9.17, 15) is 22.8 Å². The van der Waals surface area contributed by atoms with Gasteiger partial charge in [0.2, 0.25) is 0 Å². The molecule has 1 aliphatic rings. The van der Waals surface area contributed by atoms with Crippen LogP contribution in [0.1, 0.15) is 47.0 Å². The number of rotatable bonds is 8. The lowest BCUT2D eigenvalue weighted by atomic mass is 10.0. The summed E-state index contributed by atoms with van der Waals surface area (Å²) in [6.07, 6.45) is 2.99. The van der Waals surface area contributed by atoms with Gasteiger partial charge in [-0.05, 0) is 19.3 Å². The first-order valence-corrected chi connectivity index (χ1v) is 9.18. The zero-order valence-electron chi connectivity index (χ0n) is 14.0. The van der Waals surface area contributed by atoms with Crippen molar-refractivity contribution in [3.63, 3.8) is 0 Å². The number of Topliss-reactive ketones (excluding diaryl/α,β-unsaturated/α-hetero) is 1. The zero-order chi connectivity index (χ0) is 18.2. The van der Waals surface area contributed by atoms with Crippen molar-refractivity contribution in [2.45, 2.75) is 52.2 Å². The smallest absolute Gasteiger partial charge is 0.274 e. The summed E-state index contributed by atoms with van der Waals surface area (Å²) in [6, 6.07) is 0. The molecule has 8 heteroatoms. The largest absolute Gasteiger partial charge is 0.298 e. The van der Waals surface area contributed by atoms with E-state index in [0.717, 1.165) is 4.90 Å². The Hall–Kier alpha value is -1.54. The quantitative estimate of drug-likeness (QED) is 0.406. The van der Waals surface area contributed by atoms with Crippen LogP contribution in [-0.4, -0.2) is 47.3 Å². The fourth-order valence-electron chi connectivity index (χ4n) is 2.06. The molecule has 2 amide bonds. The maximum atomic E-state index is 11.8. The van der Waals surface area contributed by atoms with Gasteiger partial charge in [0.25, 0.3) is 21.9 Å². The van der Waals surface area contributed by atoms with E-state index >= 15 is 0 Å². The highest BCUT2D eigenvalue weighted by Crippen LogP contribution is 2.16. The fourth-order valence-corrected chi connectivity index (χ4v) is 3.09. The molecule has 1 N–H and O–H groups in total. The van der Waals surface area contributed by atoms with Crippen molar-refractivity contribution in [2.75, 3.05) is 6.54 Å². The molecule has 0 aromatic rings. The number of hydrogen-bond acceptors (Lipinski definition) is 5. The van der Waals surface area contributed by atoms with Crippen LogP contribution >= 0.6 is 0 Å². The van der Waals surface area contributed by atoms with Crippen LogP contribution in [0.4, 0.5) is 0 Å². The maximum Gasteiger partial charge on any atom is 0.274 e. The predicted octanol–water partition coefficient (Wildman–Crippen LogP) is 1.59. The van der Waals surface area contributed by atoms with E-state index in [2.05, 4.69) is 0 Å². The molecule has 0 fully saturated rings. The van der Waals surface area contributed by atoms with E-state index in [1.54, 1.807) is 13.8 Å². The van der Waals surface area contributed by atoms with Gasteiger partial charge in [0.1, 0.15) is 5.25 Å². The average molecular weight is 347 g/mol. The van der Waals surface area contributed by atoms with E-state index in [4.69, 9.17) is 4.55 Å². The van der Waals surface area contributed by atoms with Gasteiger partial charge in [-0.3, -0.25) is 23.8 Å². The summed E-state index contributed by atoms with van der Waals surface area (Å²) in [5.41, 5.74) is 0. The second-order valence-electron chi connectivity index (χ2n) is 5.22. The fraction of sp³-hybridized carbons (Fsp3) is 0.667. The van der Waals surface area contributed by atoms with Crippen molar-refractivity contribution in [3.8, 4) is 0 Å². The molecule has 0 aromatic carbocycles. The number of carbonyl (C=O) groups excluding carboxylic acids is 3. The highest BCUT2D eigenvalue weighted by molar-refractivity contribution is 7.87. The molecule has 1 heterocycles. The summed E-state index contributed by atoms with van der Waals surface area (Å²) >= 11 is 0. The monoisotopic (exact) mass is 347 g/mol. The molecule has 7 nitrogen and oxygen atoms in total. The van der Waals surface area contributed by atoms with Crippen molar-refractivity contribution < 1.29 is 27.4 Å². The van der Waals surface area contributed by atoms with Crippen LogP contribution in [0.3, 0.4) is 0 Å². The van der Waals surface area contributed by atoms with Crippen molar-refractivity contribution in [3.05, 3.63) is 12.2 Å². The van der Waals surface area contributed by atoms with Crippen LogP contribution in [0.2, 0.25) is 0 Å². The maximum absolute atomic E-state index is 11.8. The lowest BCUT2D eigenvalue weighted by molar-refractivity contribution is -0.137. The van der Waals surface area contributed by atoms with Gasteiger partial charge in [0.05, 0.1) is 0 Å². The molecule has 1 rings (SSSR count). The van der Waals surface area contributed by atoms with Crippen LogP contribution < -0.4 is 0 Å². The van der Waals surface area contributed by atoms with E-state index in [0.29, 0.717) is 12.8 Å². The molecule has 132 valence electrons. The molecule has 0 saturated carbocycles. The number of carbonyl (C=O) groups is 3. The van der Waals surface area contributed by atoms with Gasteiger partial charge in [-0.2, -0.15) is 8.42 Å². The SMILES string of the molecule is CC.CC(C)C(=O)C(CCCCN1C(=O)C=CC1=O)S(=O)(=O)O. The summed E-state index contributed by atoms with van der Waals surface area (Å²) in [5.74, 6) is -1.83. The van der Waals surface area contributed by atoms with Crippen molar-refractivity contribution in [1.29, 1.82) is 0 Å². The molecule has 0 radical (unpaired) electrons. The highest BCUT2D eigenvalue weighted by Gasteiger charge is 2.32. The molecule has 1 unspecified atom stereocenters. The summed E-state index contributed by atoms with van der Waals surface area (Å²) < 4.78 is 31.6. The van der Waals surface area contributed by atoms with Crippen molar-refractivity contribution in [1.82, 2.24) is 4.90 Å². The Morgan fingerprint density at radius 1 is 1.13 bits per heavy atom. The minimum absolute atomic E-state index is 0.0283. The third-order valence-corrected chi connectivity index (χ3v) is 4.43. The Kier molecular flexibility index (Phi) is 8.93. The van der Waals surface area contributed by atoms with Crippen molar-refractivity contribution >= 4 is 27.7 Å². The van der Waals surface area contributed by atoms with Gasteiger partial charge < -0.3 is 0 Å². The molecule has 0 saturated heterocycles. The zero-order valence-corrected chi connectivity index (χ0v) is 14.8. The molecule has 0 bridgehead atoms. The first-order valence-electron chi connectivity index (χ1n) is 7.68. The van der Waals surface area contributed by atoms with E-state index in [-0.39, 0.29) is 13.0 Å². The summed E-state index contributed by atoms with van der Waals surface area (Å²) in [5, 5.41) is -1.44. The Morgan fingerprint density at radius 3 is 2.00 bits per heavy atom. The lowest BCUT2D eigenvalue weighted by Crippen LogP contribution is -2.34. The molecular weight excluding hydrogens is 322 g/mol. The molecule has 1 atom stereocenters. The first kappa shape index (κ1) is 21.5. The second-order valence-corrected chi connectivity index (χ2v) is 6.82. The van der Waals surface area contributed by atoms with Gasteiger partial charge in [-0.1, -0.05) is 27.7 Å². The third-order valence-electron chi connectivity index (χ3n) is 3.24. The van der Waals surface area contributed by atoms with Gasteiger partial charge in [-0.25, -0.2) is 0 Å². The number of unbranched alkanes of at least 4 members (excludes halogenated alkanes) is 1.